The smallest absolute Gasteiger partial charge is 0.310 e. The summed E-state index contributed by atoms with van der Waals surface area (Å²) in [7, 11) is 3.42. The van der Waals surface area contributed by atoms with Crippen molar-refractivity contribution in [2.75, 3.05) is 14.2 Å². The molecule has 0 aromatic rings. The van der Waals surface area contributed by atoms with E-state index in [-0.39, 0.29) is 40.4 Å². The van der Waals surface area contributed by atoms with Crippen LogP contribution in [0.15, 0.2) is 0 Å². The predicted molar refractivity (Wildman–Crippen MR) is 149 cm³/mol. The SMILES string of the molecule is CON1C(C)(C)CC(C(CCCCCCCC(=O)O)(C(=O)O)C2CC(C)(C)N(OC)C(C)(C)C2)CC1(C)C. The lowest BCUT2D eigenvalue weighted by atomic mass is 9.52. The molecule has 0 aromatic carbocycles. The van der Waals surface area contributed by atoms with Crippen molar-refractivity contribution in [3.63, 3.8) is 0 Å². The standard InChI is InChI=1S/C30H56N2O6/c1-26(2)18-22(19-27(3,4)31(26)37-9)30(25(35)36,17-15-13-11-12-14-16-24(33)34)23-20-28(5,6)32(38-10)29(7,8)21-23/h22-23H,11-21H2,1-10H3,(H,33,34)(H,35,36). The van der Waals surface area contributed by atoms with Gasteiger partial charge >= 0.3 is 11.9 Å². The Morgan fingerprint density at radius 1 is 0.684 bits per heavy atom. The summed E-state index contributed by atoms with van der Waals surface area (Å²) in [6, 6.07) is 0. The van der Waals surface area contributed by atoms with Crippen molar-refractivity contribution in [2.45, 2.75) is 148 Å². The average molecular weight is 541 g/mol. The van der Waals surface area contributed by atoms with Gasteiger partial charge in [0.05, 0.1) is 19.6 Å². The molecule has 0 bridgehead atoms. The van der Waals surface area contributed by atoms with Crippen LogP contribution in [0.3, 0.4) is 0 Å². The number of unbranched alkanes of at least 4 members (excludes halogenated alkanes) is 4. The Balaban J connectivity index is 2.46. The fourth-order valence-electron chi connectivity index (χ4n) is 8.67. The first-order chi connectivity index (χ1) is 17.4. The molecule has 2 aliphatic rings. The lowest BCUT2D eigenvalue weighted by molar-refractivity contribution is -0.293. The topological polar surface area (TPSA) is 99.5 Å². The van der Waals surface area contributed by atoms with Gasteiger partial charge in [-0.15, -0.1) is 0 Å². The third kappa shape index (κ3) is 6.91. The van der Waals surface area contributed by atoms with Crippen LogP contribution in [0.4, 0.5) is 0 Å². The van der Waals surface area contributed by atoms with E-state index in [1.165, 1.54) is 0 Å². The molecule has 38 heavy (non-hydrogen) atoms. The van der Waals surface area contributed by atoms with Crippen molar-refractivity contribution < 1.29 is 29.5 Å². The van der Waals surface area contributed by atoms with Gasteiger partial charge in [-0.2, -0.15) is 10.1 Å². The minimum Gasteiger partial charge on any atom is -0.481 e. The van der Waals surface area contributed by atoms with Crippen LogP contribution >= 0.6 is 0 Å². The van der Waals surface area contributed by atoms with E-state index < -0.39 is 17.4 Å². The predicted octanol–water partition coefficient (Wildman–Crippen LogP) is 6.53. The summed E-state index contributed by atoms with van der Waals surface area (Å²) < 4.78 is 0. The van der Waals surface area contributed by atoms with Gasteiger partial charge in [-0.05, 0) is 106 Å². The number of hydrogen-bond donors (Lipinski definition) is 2. The molecule has 2 aliphatic heterocycles. The molecule has 2 fully saturated rings. The maximum atomic E-state index is 13.7. The monoisotopic (exact) mass is 540 g/mol. The summed E-state index contributed by atoms with van der Waals surface area (Å²) in [5.41, 5.74) is -2.11. The first kappa shape index (κ1) is 33.0. The summed E-state index contributed by atoms with van der Waals surface area (Å²) >= 11 is 0. The molecular formula is C30H56N2O6. The van der Waals surface area contributed by atoms with Gasteiger partial charge in [0.1, 0.15) is 0 Å². The molecule has 2 heterocycles. The second-order valence-corrected chi connectivity index (χ2v) is 14.4. The van der Waals surface area contributed by atoms with Crippen molar-refractivity contribution in [1.82, 2.24) is 10.1 Å². The Bertz CT molecular complexity index is 742. The summed E-state index contributed by atoms with van der Waals surface area (Å²) in [5, 5.41) is 24.3. The first-order valence-electron chi connectivity index (χ1n) is 14.5. The quantitative estimate of drug-likeness (QED) is 0.254. The van der Waals surface area contributed by atoms with Crippen LogP contribution in [-0.2, 0) is 19.3 Å². The number of rotatable bonds is 13. The zero-order valence-electron chi connectivity index (χ0n) is 25.9. The number of hydroxylamine groups is 4. The molecular weight excluding hydrogens is 484 g/mol. The molecule has 0 radical (unpaired) electrons. The van der Waals surface area contributed by atoms with E-state index in [4.69, 9.17) is 14.8 Å². The number of aliphatic carboxylic acids is 2. The Morgan fingerprint density at radius 2 is 1.03 bits per heavy atom. The van der Waals surface area contributed by atoms with E-state index >= 15 is 0 Å². The highest BCUT2D eigenvalue weighted by Gasteiger charge is 2.61. The van der Waals surface area contributed by atoms with Gasteiger partial charge in [0, 0.05) is 28.6 Å². The van der Waals surface area contributed by atoms with Crippen molar-refractivity contribution >= 4 is 11.9 Å². The zero-order valence-corrected chi connectivity index (χ0v) is 25.9. The minimum absolute atomic E-state index is 0.00546. The Labute approximate surface area is 231 Å². The van der Waals surface area contributed by atoms with Gasteiger partial charge in [-0.1, -0.05) is 25.7 Å². The number of carboxylic acids is 2. The third-order valence-corrected chi connectivity index (χ3v) is 9.38. The highest BCUT2D eigenvalue weighted by atomic mass is 16.7. The van der Waals surface area contributed by atoms with Gasteiger partial charge in [0.15, 0.2) is 0 Å². The molecule has 8 nitrogen and oxygen atoms in total. The van der Waals surface area contributed by atoms with Gasteiger partial charge in [-0.25, -0.2) is 0 Å². The van der Waals surface area contributed by atoms with Crippen molar-refractivity contribution in [1.29, 1.82) is 0 Å². The maximum absolute atomic E-state index is 13.7. The van der Waals surface area contributed by atoms with Crippen LogP contribution in [0.1, 0.15) is 126 Å². The second kappa shape index (κ2) is 12.1. The Kier molecular flexibility index (Phi) is 10.5. The Morgan fingerprint density at radius 3 is 1.34 bits per heavy atom. The number of piperidine rings is 2. The van der Waals surface area contributed by atoms with Gasteiger partial charge in [-0.3, -0.25) is 9.59 Å². The molecule has 0 aromatic heterocycles. The van der Waals surface area contributed by atoms with E-state index in [0.717, 1.165) is 51.4 Å². The molecule has 0 amide bonds. The van der Waals surface area contributed by atoms with Gasteiger partial charge in [0.2, 0.25) is 0 Å². The third-order valence-electron chi connectivity index (χ3n) is 9.38. The number of nitrogens with zero attached hydrogens (tertiary/aromatic N) is 2. The maximum Gasteiger partial charge on any atom is 0.310 e. The van der Waals surface area contributed by atoms with Gasteiger partial charge in [0.25, 0.3) is 0 Å². The molecule has 8 heteroatoms. The fraction of sp³-hybridized carbons (Fsp3) is 0.933. The molecule has 0 spiro atoms. The van der Waals surface area contributed by atoms with Crippen LogP contribution in [-0.4, -0.2) is 68.7 Å². The van der Waals surface area contributed by atoms with E-state index in [1.807, 2.05) is 0 Å². The summed E-state index contributed by atoms with van der Waals surface area (Å²) in [5.74, 6) is -1.44. The average Bonchev–Trinajstić information content (AvgIpc) is 2.72. The highest BCUT2D eigenvalue weighted by Crippen LogP contribution is 2.58. The van der Waals surface area contributed by atoms with Crippen LogP contribution < -0.4 is 0 Å². The minimum atomic E-state index is -0.871. The van der Waals surface area contributed by atoms with Crippen molar-refractivity contribution in [3.05, 3.63) is 0 Å². The summed E-state index contributed by atoms with van der Waals surface area (Å²) in [6.45, 7) is 17.3. The number of carbonyl (C=O) groups is 2. The fourth-order valence-corrected chi connectivity index (χ4v) is 8.67. The molecule has 2 saturated heterocycles. The number of carboxylic acid groups (broad SMARTS) is 2. The molecule has 0 saturated carbocycles. The Hall–Kier alpha value is -1.22. The van der Waals surface area contributed by atoms with E-state index in [2.05, 4.69) is 65.5 Å². The first-order valence-corrected chi connectivity index (χ1v) is 14.5. The van der Waals surface area contributed by atoms with E-state index in [9.17, 15) is 14.7 Å². The van der Waals surface area contributed by atoms with Gasteiger partial charge < -0.3 is 19.9 Å². The van der Waals surface area contributed by atoms with Crippen molar-refractivity contribution in [2.24, 2.45) is 17.3 Å². The molecule has 2 N–H and O–H groups in total. The lowest BCUT2D eigenvalue weighted by Crippen LogP contribution is -2.66. The second-order valence-electron chi connectivity index (χ2n) is 14.4. The van der Waals surface area contributed by atoms with Crippen molar-refractivity contribution in [3.8, 4) is 0 Å². The normalized spacial score (nSPS) is 24.4. The highest BCUT2D eigenvalue weighted by molar-refractivity contribution is 5.76. The van der Waals surface area contributed by atoms with Crippen LogP contribution in [0, 0.1) is 17.3 Å². The molecule has 0 unspecified atom stereocenters. The largest absolute Gasteiger partial charge is 0.481 e. The molecule has 0 atom stereocenters. The van der Waals surface area contributed by atoms with Crippen LogP contribution in [0.5, 0.6) is 0 Å². The summed E-state index contributed by atoms with van der Waals surface area (Å²) in [6.07, 6.45) is 8.06. The summed E-state index contributed by atoms with van der Waals surface area (Å²) in [4.78, 5) is 36.2. The van der Waals surface area contributed by atoms with E-state index in [1.54, 1.807) is 14.2 Å². The molecule has 222 valence electrons. The van der Waals surface area contributed by atoms with E-state index in [0.29, 0.717) is 12.8 Å². The molecule has 0 aliphatic carbocycles. The zero-order chi connectivity index (χ0) is 29.2. The number of hydrogen-bond acceptors (Lipinski definition) is 6. The lowest BCUT2D eigenvalue weighted by Gasteiger charge is -2.61. The van der Waals surface area contributed by atoms with Crippen LogP contribution in [0.2, 0.25) is 0 Å². The molecule has 2 rings (SSSR count). The van der Waals surface area contributed by atoms with Crippen LogP contribution in [0.25, 0.3) is 0 Å².